The van der Waals surface area contributed by atoms with Gasteiger partial charge in [-0.3, -0.25) is 15.1 Å². The molecule has 2 aromatic heterocycles. The number of aliphatic imine (C=N–C) groups is 1. The van der Waals surface area contributed by atoms with E-state index in [-0.39, 0.29) is 34.9 Å². The number of carbonyl (C=O) groups is 4. The van der Waals surface area contributed by atoms with Crippen molar-refractivity contribution in [1.82, 2.24) is 25.0 Å². The quantitative estimate of drug-likeness (QED) is 0.240. The van der Waals surface area contributed by atoms with Crippen LogP contribution in [0.15, 0.2) is 52.5 Å². The number of rotatable bonds is 8. The van der Waals surface area contributed by atoms with Crippen LogP contribution in [0.2, 0.25) is 0 Å². The van der Waals surface area contributed by atoms with Crippen molar-refractivity contribution in [1.29, 1.82) is 0 Å². The van der Waals surface area contributed by atoms with Gasteiger partial charge in [0.1, 0.15) is 16.1 Å². The van der Waals surface area contributed by atoms with Crippen molar-refractivity contribution < 1.29 is 37.8 Å². The zero-order valence-corrected chi connectivity index (χ0v) is 26.2. The fourth-order valence-electron chi connectivity index (χ4n) is 4.07. The van der Waals surface area contributed by atoms with Gasteiger partial charge in [0.25, 0.3) is 15.9 Å². The number of pyridine rings is 1. The summed E-state index contributed by atoms with van der Waals surface area (Å²) < 4.78 is 26.2. The van der Waals surface area contributed by atoms with Gasteiger partial charge in [0.15, 0.2) is 5.84 Å². The minimum absolute atomic E-state index is 0.00167. The van der Waals surface area contributed by atoms with Gasteiger partial charge in [0.05, 0.1) is 11.1 Å². The number of carboxylic acids is 2. The van der Waals surface area contributed by atoms with Crippen molar-refractivity contribution in [2.24, 2.45) is 10.9 Å². The summed E-state index contributed by atoms with van der Waals surface area (Å²) in [6, 6.07) is 7.11. The first kappa shape index (κ1) is 34.2. The van der Waals surface area contributed by atoms with E-state index in [2.05, 4.69) is 30.6 Å². The molecular formula is C29H33N7O8S. The van der Waals surface area contributed by atoms with E-state index >= 15 is 0 Å². The van der Waals surface area contributed by atoms with Crippen LogP contribution in [-0.4, -0.2) is 68.8 Å². The van der Waals surface area contributed by atoms with E-state index in [1.807, 2.05) is 20.8 Å². The number of amides is 3. The van der Waals surface area contributed by atoms with Gasteiger partial charge in [0, 0.05) is 17.6 Å². The number of nitrogens with one attached hydrogen (secondary N) is 3. The number of aromatic nitrogens is 3. The third kappa shape index (κ3) is 8.03. The Bertz CT molecular complexity index is 1790. The molecule has 1 aliphatic heterocycles. The van der Waals surface area contributed by atoms with Gasteiger partial charge in [-0.05, 0) is 62.9 Å². The normalized spacial score (nSPS) is 15.8. The SMILES string of the molecule is CCc1cnc(C2=NC(C)(C(C)C)C(=O)N2)c(C(=O)O)c1.Cc1cc(C)nc(NC(=O)NS(=O)(=O)c2ccccc2C(=O)O)n1. The molecule has 0 bridgehead atoms. The van der Waals surface area contributed by atoms with E-state index < -0.39 is 44.0 Å². The van der Waals surface area contributed by atoms with E-state index in [9.17, 15) is 32.7 Å². The summed E-state index contributed by atoms with van der Waals surface area (Å²) in [5.74, 6) is -2.57. The second-order valence-corrected chi connectivity index (χ2v) is 12.1. The van der Waals surface area contributed by atoms with Gasteiger partial charge in [-0.25, -0.2) is 42.5 Å². The summed E-state index contributed by atoms with van der Waals surface area (Å²) in [5, 5.41) is 23.2. The molecule has 3 amide bonds. The Kier molecular flexibility index (Phi) is 10.3. The number of benzene rings is 1. The molecule has 4 rings (SSSR count). The van der Waals surface area contributed by atoms with Gasteiger partial charge in [-0.15, -0.1) is 0 Å². The minimum Gasteiger partial charge on any atom is -0.478 e. The molecule has 0 saturated heterocycles. The highest BCUT2D eigenvalue weighted by atomic mass is 32.2. The van der Waals surface area contributed by atoms with Crippen molar-refractivity contribution in [3.63, 3.8) is 0 Å². The van der Waals surface area contributed by atoms with Crippen molar-refractivity contribution >= 4 is 45.7 Å². The highest BCUT2D eigenvalue weighted by molar-refractivity contribution is 7.90. The molecule has 1 atom stereocenters. The number of hydrogen-bond donors (Lipinski definition) is 5. The Morgan fingerprint density at radius 1 is 1.00 bits per heavy atom. The van der Waals surface area contributed by atoms with Crippen LogP contribution in [0, 0.1) is 19.8 Å². The molecule has 0 saturated carbocycles. The maximum absolute atomic E-state index is 12.2. The van der Waals surface area contributed by atoms with Crippen LogP contribution in [0.1, 0.15) is 71.1 Å². The van der Waals surface area contributed by atoms with Crippen molar-refractivity contribution in [2.45, 2.75) is 58.4 Å². The highest BCUT2D eigenvalue weighted by Crippen LogP contribution is 2.27. The smallest absolute Gasteiger partial charge is 0.338 e. The molecule has 45 heavy (non-hydrogen) atoms. The maximum Gasteiger partial charge on any atom is 0.338 e. The molecule has 1 unspecified atom stereocenters. The maximum atomic E-state index is 12.2. The summed E-state index contributed by atoms with van der Waals surface area (Å²) in [7, 11) is -4.37. The number of aromatic carboxylic acids is 2. The van der Waals surface area contributed by atoms with E-state index in [4.69, 9.17) is 5.11 Å². The number of urea groups is 1. The van der Waals surface area contributed by atoms with Gasteiger partial charge in [0.2, 0.25) is 5.95 Å². The molecule has 1 aliphatic rings. The summed E-state index contributed by atoms with van der Waals surface area (Å²) in [4.78, 5) is 62.5. The van der Waals surface area contributed by atoms with Crippen molar-refractivity contribution in [3.8, 4) is 0 Å². The van der Waals surface area contributed by atoms with E-state index in [1.54, 1.807) is 43.8 Å². The fourth-order valence-corrected chi connectivity index (χ4v) is 5.17. The zero-order valence-electron chi connectivity index (χ0n) is 25.4. The number of carboxylic acid groups (broad SMARTS) is 2. The topological polar surface area (TPSA) is 230 Å². The first-order valence-corrected chi connectivity index (χ1v) is 15.1. The Balaban J connectivity index is 0.000000248. The van der Waals surface area contributed by atoms with Gasteiger partial charge in [-0.2, -0.15) is 0 Å². The molecule has 0 radical (unpaired) electrons. The molecular weight excluding hydrogens is 606 g/mol. The number of hydrogen-bond acceptors (Lipinski definition) is 10. The summed E-state index contributed by atoms with van der Waals surface area (Å²) in [6.45, 7) is 10.8. The monoisotopic (exact) mass is 639 g/mol. The lowest BCUT2D eigenvalue weighted by atomic mass is 9.89. The second-order valence-electron chi connectivity index (χ2n) is 10.5. The number of anilines is 1. The van der Waals surface area contributed by atoms with Crippen molar-refractivity contribution in [3.05, 3.63) is 76.4 Å². The van der Waals surface area contributed by atoms with E-state index in [1.165, 1.54) is 12.1 Å². The molecule has 15 nitrogen and oxygen atoms in total. The Labute approximate surface area is 259 Å². The lowest BCUT2D eigenvalue weighted by Gasteiger charge is -2.21. The molecule has 238 valence electrons. The third-order valence-electron chi connectivity index (χ3n) is 6.81. The first-order chi connectivity index (χ1) is 21.0. The number of amidine groups is 1. The molecule has 16 heteroatoms. The highest BCUT2D eigenvalue weighted by Gasteiger charge is 2.43. The molecule has 0 fully saturated rings. The number of sulfonamides is 1. The zero-order chi connectivity index (χ0) is 33.7. The summed E-state index contributed by atoms with van der Waals surface area (Å²) >= 11 is 0. The Morgan fingerprint density at radius 2 is 1.60 bits per heavy atom. The molecule has 1 aromatic carbocycles. The summed E-state index contributed by atoms with van der Waals surface area (Å²) in [5.41, 5.74) is 0.941. The predicted octanol–water partition coefficient (Wildman–Crippen LogP) is 2.94. The van der Waals surface area contributed by atoms with Crippen LogP contribution in [0.4, 0.5) is 10.7 Å². The number of carbonyl (C=O) groups excluding carboxylic acids is 2. The molecule has 0 aliphatic carbocycles. The second kappa shape index (κ2) is 13.6. The van der Waals surface area contributed by atoms with Crippen LogP contribution < -0.4 is 15.4 Å². The lowest BCUT2D eigenvalue weighted by molar-refractivity contribution is -0.124. The lowest BCUT2D eigenvalue weighted by Crippen LogP contribution is -2.41. The number of nitrogens with zero attached hydrogens (tertiary/aromatic N) is 4. The van der Waals surface area contributed by atoms with Gasteiger partial charge in [-0.1, -0.05) is 32.9 Å². The Morgan fingerprint density at radius 3 is 2.13 bits per heavy atom. The van der Waals surface area contributed by atoms with Crippen LogP contribution in [0.5, 0.6) is 0 Å². The molecule has 5 N–H and O–H groups in total. The van der Waals surface area contributed by atoms with Crippen LogP contribution in [0.3, 0.4) is 0 Å². The Hall–Kier alpha value is -5.25. The van der Waals surface area contributed by atoms with Gasteiger partial charge >= 0.3 is 18.0 Å². The van der Waals surface area contributed by atoms with Crippen LogP contribution in [-0.2, 0) is 21.2 Å². The van der Waals surface area contributed by atoms with Crippen molar-refractivity contribution in [2.75, 3.05) is 5.32 Å². The fraction of sp³-hybridized carbons (Fsp3) is 0.310. The molecule has 0 spiro atoms. The van der Waals surface area contributed by atoms with E-state index in [0.717, 1.165) is 17.7 Å². The van der Waals surface area contributed by atoms with Gasteiger partial charge < -0.3 is 15.5 Å². The molecule has 3 aromatic rings. The van der Waals surface area contributed by atoms with Crippen LogP contribution >= 0.6 is 0 Å². The first-order valence-electron chi connectivity index (χ1n) is 13.6. The number of aryl methyl sites for hydroxylation is 3. The third-order valence-corrected chi connectivity index (χ3v) is 8.20. The average Bonchev–Trinajstić information content (AvgIpc) is 3.27. The minimum atomic E-state index is -4.37. The molecule has 3 heterocycles. The largest absolute Gasteiger partial charge is 0.478 e. The van der Waals surface area contributed by atoms with E-state index in [0.29, 0.717) is 17.8 Å². The standard InChI is InChI=1S/C15H19N3O3.C14H14N4O5S/c1-5-9-6-10(13(19)20)11(16-7-9)12-17-14(21)15(4,18-12)8(2)3;1-8-7-9(2)16-13(15-8)17-14(21)18-24(22,23)11-6-4-3-5-10(11)12(19)20/h6-8H,5H2,1-4H3,(H,19,20)(H,17,18,21);3-7H,1-2H3,(H,19,20)(H2,15,16,17,18,21). The summed E-state index contributed by atoms with van der Waals surface area (Å²) in [6.07, 6.45) is 2.30. The predicted molar refractivity (Wildman–Crippen MR) is 163 cm³/mol. The average molecular weight is 640 g/mol. The van der Waals surface area contributed by atoms with Crippen LogP contribution in [0.25, 0.3) is 0 Å².